The van der Waals surface area contributed by atoms with Gasteiger partial charge in [0, 0.05) is 11.6 Å². The molecule has 10 heteroatoms. The van der Waals surface area contributed by atoms with E-state index in [2.05, 4.69) is 15.4 Å². The SMILES string of the molecule is COc1cccc(-c2cc(C(F)(F)F)n3nc(C(=O)NC4CCCC4)c(Cl)c3n2)c1. The Labute approximate surface area is 175 Å². The molecule has 2 heterocycles. The van der Waals surface area contributed by atoms with Gasteiger partial charge in [0.2, 0.25) is 0 Å². The summed E-state index contributed by atoms with van der Waals surface area (Å²) in [6, 6.07) is 7.34. The second kappa shape index (κ2) is 7.79. The molecule has 0 radical (unpaired) electrons. The fourth-order valence-corrected chi connectivity index (χ4v) is 3.84. The first-order chi connectivity index (χ1) is 14.3. The number of fused-ring (bicyclic) bond motifs is 1. The predicted octanol–water partition coefficient (Wildman–Crippen LogP) is 4.75. The van der Waals surface area contributed by atoms with Gasteiger partial charge in [-0.25, -0.2) is 9.50 Å². The summed E-state index contributed by atoms with van der Waals surface area (Å²) in [5, 5.41) is 6.42. The number of carbonyl (C=O) groups is 1. The molecule has 4 rings (SSSR count). The molecule has 0 bridgehead atoms. The van der Waals surface area contributed by atoms with Gasteiger partial charge in [-0.15, -0.1) is 0 Å². The van der Waals surface area contributed by atoms with E-state index in [1.165, 1.54) is 7.11 Å². The highest BCUT2D eigenvalue weighted by molar-refractivity contribution is 6.36. The van der Waals surface area contributed by atoms with E-state index < -0.39 is 17.8 Å². The molecule has 1 N–H and O–H groups in total. The van der Waals surface area contributed by atoms with Gasteiger partial charge < -0.3 is 10.1 Å². The van der Waals surface area contributed by atoms with Crippen LogP contribution in [0.4, 0.5) is 13.2 Å². The maximum atomic E-state index is 13.8. The highest BCUT2D eigenvalue weighted by Gasteiger charge is 2.37. The summed E-state index contributed by atoms with van der Waals surface area (Å²) in [5.74, 6) is -0.132. The van der Waals surface area contributed by atoms with Crippen LogP contribution in [0.2, 0.25) is 5.02 Å². The lowest BCUT2D eigenvalue weighted by Gasteiger charge is -2.11. The molecule has 0 unspecified atom stereocenters. The number of halogens is 4. The third kappa shape index (κ3) is 3.81. The molecule has 2 aromatic heterocycles. The van der Waals surface area contributed by atoms with Gasteiger partial charge in [-0.1, -0.05) is 36.6 Å². The molecule has 0 spiro atoms. The minimum atomic E-state index is -4.73. The van der Waals surface area contributed by atoms with Gasteiger partial charge in [0.25, 0.3) is 5.91 Å². The number of ether oxygens (including phenoxy) is 1. The van der Waals surface area contributed by atoms with Crippen LogP contribution in [-0.4, -0.2) is 33.7 Å². The number of carbonyl (C=O) groups excluding carboxylic acids is 1. The van der Waals surface area contributed by atoms with Gasteiger partial charge in [-0.2, -0.15) is 18.3 Å². The molecule has 30 heavy (non-hydrogen) atoms. The summed E-state index contributed by atoms with van der Waals surface area (Å²) < 4.78 is 47.0. The van der Waals surface area contributed by atoms with E-state index in [4.69, 9.17) is 16.3 Å². The summed E-state index contributed by atoms with van der Waals surface area (Å²) in [6.45, 7) is 0. The van der Waals surface area contributed by atoms with Crippen LogP contribution in [0.15, 0.2) is 30.3 Å². The summed E-state index contributed by atoms with van der Waals surface area (Å²) in [7, 11) is 1.46. The Hall–Kier alpha value is -2.81. The standard InChI is InChI=1S/C20H18ClF3N4O2/c1-30-13-8-4-5-11(9-13)14-10-15(20(22,23)24)28-18(26-14)16(21)17(27-28)19(29)25-12-6-2-3-7-12/h4-5,8-10,12H,2-3,6-7H2,1H3,(H,25,29). The van der Waals surface area contributed by atoms with Crippen LogP contribution < -0.4 is 10.1 Å². The molecule has 1 fully saturated rings. The Balaban J connectivity index is 1.84. The smallest absolute Gasteiger partial charge is 0.433 e. The Kier molecular flexibility index (Phi) is 5.31. The molecule has 1 aliphatic rings. The number of nitrogens with zero attached hydrogens (tertiary/aromatic N) is 3. The van der Waals surface area contributed by atoms with Crippen molar-refractivity contribution in [3.8, 4) is 17.0 Å². The van der Waals surface area contributed by atoms with Crippen LogP contribution in [-0.2, 0) is 6.18 Å². The van der Waals surface area contributed by atoms with Gasteiger partial charge in [-0.05, 0) is 31.0 Å². The van der Waals surface area contributed by atoms with Crippen molar-refractivity contribution < 1.29 is 22.7 Å². The van der Waals surface area contributed by atoms with Crippen LogP contribution in [0.5, 0.6) is 5.75 Å². The van der Waals surface area contributed by atoms with Gasteiger partial charge in [-0.3, -0.25) is 4.79 Å². The highest BCUT2D eigenvalue weighted by atomic mass is 35.5. The van der Waals surface area contributed by atoms with Gasteiger partial charge in [0.15, 0.2) is 17.0 Å². The molecule has 0 saturated heterocycles. The van der Waals surface area contributed by atoms with E-state index in [1.54, 1.807) is 24.3 Å². The Morgan fingerprint density at radius 3 is 2.67 bits per heavy atom. The number of aromatic nitrogens is 3. The molecule has 1 aromatic carbocycles. The lowest BCUT2D eigenvalue weighted by molar-refractivity contribution is -0.142. The summed E-state index contributed by atoms with van der Waals surface area (Å²) in [5.41, 5.74) is -1.13. The minimum Gasteiger partial charge on any atom is -0.497 e. The Morgan fingerprint density at radius 2 is 2.00 bits per heavy atom. The first kappa shape index (κ1) is 20.5. The highest BCUT2D eigenvalue weighted by Crippen LogP contribution is 2.35. The zero-order valence-electron chi connectivity index (χ0n) is 16.0. The van der Waals surface area contributed by atoms with E-state index in [1.807, 2.05) is 0 Å². The zero-order valence-corrected chi connectivity index (χ0v) is 16.7. The maximum Gasteiger partial charge on any atom is 0.433 e. The van der Waals surface area contributed by atoms with Crippen molar-refractivity contribution in [1.29, 1.82) is 0 Å². The van der Waals surface area contributed by atoms with Crippen LogP contribution >= 0.6 is 11.6 Å². The lowest BCUT2D eigenvalue weighted by Crippen LogP contribution is -2.33. The molecule has 158 valence electrons. The molecule has 0 atom stereocenters. The number of benzene rings is 1. The van der Waals surface area contributed by atoms with Crippen molar-refractivity contribution in [2.75, 3.05) is 7.11 Å². The zero-order chi connectivity index (χ0) is 21.5. The molecular weight excluding hydrogens is 421 g/mol. The number of alkyl halides is 3. The van der Waals surface area contributed by atoms with Crippen molar-refractivity contribution in [1.82, 2.24) is 19.9 Å². The van der Waals surface area contributed by atoms with E-state index >= 15 is 0 Å². The monoisotopic (exact) mass is 438 g/mol. The number of rotatable bonds is 4. The van der Waals surface area contributed by atoms with Gasteiger partial charge in [0.05, 0.1) is 12.8 Å². The summed E-state index contributed by atoms with van der Waals surface area (Å²) >= 11 is 6.28. The maximum absolute atomic E-state index is 13.8. The summed E-state index contributed by atoms with van der Waals surface area (Å²) in [4.78, 5) is 16.9. The molecule has 1 saturated carbocycles. The third-order valence-corrected chi connectivity index (χ3v) is 5.44. The number of hydrogen-bond donors (Lipinski definition) is 1. The molecule has 1 amide bonds. The molecular formula is C20H18ClF3N4O2. The first-order valence-electron chi connectivity index (χ1n) is 9.39. The molecule has 3 aromatic rings. The van der Waals surface area contributed by atoms with Crippen molar-refractivity contribution in [3.05, 3.63) is 46.7 Å². The van der Waals surface area contributed by atoms with E-state index in [9.17, 15) is 18.0 Å². The number of hydrogen-bond acceptors (Lipinski definition) is 4. The Morgan fingerprint density at radius 1 is 1.27 bits per heavy atom. The average molecular weight is 439 g/mol. The number of methoxy groups -OCH3 is 1. The van der Waals surface area contributed by atoms with Gasteiger partial charge in [0.1, 0.15) is 10.8 Å². The predicted molar refractivity (Wildman–Crippen MR) is 105 cm³/mol. The van der Waals surface area contributed by atoms with E-state index in [-0.39, 0.29) is 28.1 Å². The second-order valence-electron chi connectivity index (χ2n) is 7.11. The van der Waals surface area contributed by atoms with Crippen LogP contribution in [0.1, 0.15) is 41.9 Å². The van der Waals surface area contributed by atoms with Crippen molar-refractivity contribution in [2.24, 2.45) is 0 Å². The van der Waals surface area contributed by atoms with Crippen molar-refractivity contribution >= 4 is 23.2 Å². The van der Waals surface area contributed by atoms with Crippen molar-refractivity contribution in [2.45, 2.75) is 37.9 Å². The fourth-order valence-electron chi connectivity index (χ4n) is 3.59. The van der Waals surface area contributed by atoms with Gasteiger partial charge >= 0.3 is 6.18 Å². The molecule has 1 aliphatic carbocycles. The van der Waals surface area contributed by atoms with Crippen LogP contribution in [0.25, 0.3) is 16.9 Å². The van der Waals surface area contributed by atoms with Crippen LogP contribution in [0, 0.1) is 0 Å². The van der Waals surface area contributed by atoms with E-state index in [0.29, 0.717) is 15.8 Å². The molecule has 0 aliphatic heterocycles. The number of amides is 1. The first-order valence-corrected chi connectivity index (χ1v) is 9.77. The van der Waals surface area contributed by atoms with E-state index in [0.717, 1.165) is 31.7 Å². The Bertz CT molecular complexity index is 1110. The molecule has 6 nitrogen and oxygen atoms in total. The topological polar surface area (TPSA) is 68.5 Å². The minimum absolute atomic E-state index is 0.0271. The second-order valence-corrected chi connectivity index (χ2v) is 7.49. The fraction of sp³-hybridized carbons (Fsp3) is 0.350. The number of nitrogens with one attached hydrogen (secondary N) is 1. The quantitative estimate of drug-likeness (QED) is 0.638. The average Bonchev–Trinajstić information content (AvgIpc) is 3.34. The van der Waals surface area contributed by atoms with Crippen LogP contribution in [0.3, 0.4) is 0 Å². The van der Waals surface area contributed by atoms with Crippen molar-refractivity contribution in [3.63, 3.8) is 0 Å². The summed E-state index contributed by atoms with van der Waals surface area (Å²) in [6.07, 6.45) is -1.10. The largest absolute Gasteiger partial charge is 0.497 e. The lowest BCUT2D eigenvalue weighted by atomic mass is 10.1. The third-order valence-electron chi connectivity index (χ3n) is 5.09. The normalized spacial score (nSPS) is 15.0.